The van der Waals surface area contributed by atoms with Gasteiger partial charge in [0.2, 0.25) is 0 Å². The number of unbranched alkanes of at least 4 members (excludes halogenated alkanes) is 1. The third kappa shape index (κ3) is 2.97. The van der Waals surface area contributed by atoms with Crippen molar-refractivity contribution in [2.75, 3.05) is 5.33 Å². The summed E-state index contributed by atoms with van der Waals surface area (Å²) in [6.07, 6.45) is 10.4. The SMILES string of the molecule is CCCCC(CC)(CBr)Cc1cn2ccsc2n1. The topological polar surface area (TPSA) is 17.3 Å². The van der Waals surface area contributed by atoms with Crippen molar-refractivity contribution >= 4 is 32.2 Å². The molecule has 0 saturated carbocycles. The molecular weight excluding hydrogens is 308 g/mol. The van der Waals surface area contributed by atoms with Crippen LogP contribution in [-0.4, -0.2) is 14.7 Å². The van der Waals surface area contributed by atoms with E-state index < -0.39 is 0 Å². The van der Waals surface area contributed by atoms with Crippen LogP contribution in [0.15, 0.2) is 17.8 Å². The van der Waals surface area contributed by atoms with Crippen molar-refractivity contribution in [3.8, 4) is 0 Å². The summed E-state index contributed by atoms with van der Waals surface area (Å²) in [6.45, 7) is 4.57. The molecule has 0 aliphatic carbocycles. The zero-order valence-electron chi connectivity index (χ0n) is 11.2. The normalized spacial score (nSPS) is 15.1. The number of rotatable bonds is 7. The van der Waals surface area contributed by atoms with Crippen LogP contribution in [0.5, 0.6) is 0 Å². The maximum absolute atomic E-state index is 4.72. The fourth-order valence-corrected chi connectivity index (χ4v) is 3.99. The Morgan fingerprint density at radius 2 is 2.28 bits per heavy atom. The third-order valence-corrected chi connectivity index (χ3v) is 5.75. The standard InChI is InChI=1S/C14H21BrN2S/c1-3-5-6-14(4-2,11-15)9-12-10-17-7-8-18-13(17)16-12/h7-8,10H,3-6,9,11H2,1-2H3. The van der Waals surface area contributed by atoms with Crippen molar-refractivity contribution in [2.45, 2.75) is 46.0 Å². The highest BCUT2D eigenvalue weighted by Gasteiger charge is 2.27. The van der Waals surface area contributed by atoms with Crippen molar-refractivity contribution in [3.63, 3.8) is 0 Å². The molecule has 0 amide bonds. The molecule has 0 N–H and O–H groups in total. The molecule has 1 unspecified atom stereocenters. The van der Waals surface area contributed by atoms with E-state index in [1.165, 1.54) is 31.4 Å². The average Bonchev–Trinajstić information content (AvgIpc) is 2.95. The quantitative estimate of drug-likeness (QED) is 0.659. The van der Waals surface area contributed by atoms with E-state index in [1.54, 1.807) is 11.3 Å². The van der Waals surface area contributed by atoms with Gasteiger partial charge in [-0.1, -0.05) is 42.6 Å². The summed E-state index contributed by atoms with van der Waals surface area (Å²) in [5, 5.41) is 3.16. The number of fused-ring (bicyclic) bond motifs is 1. The largest absolute Gasteiger partial charge is 0.297 e. The summed E-state index contributed by atoms with van der Waals surface area (Å²) in [7, 11) is 0. The zero-order valence-corrected chi connectivity index (χ0v) is 13.6. The Morgan fingerprint density at radius 3 is 2.89 bits per heavy atom. The van der Waals surface area contributed by atoms with Gasteiger partial charge in [-0.2, -0.15) is 0 Å². The molecule has 2 rings (SSSR count). The predicted octanol–water partition coefficient (Wildman–Crippen LogP) is 4.92. The second-order valence-corrected chi connectivity index (χ2v) is 6.53. The maximum atomic E-state index is 4.72. The van der Waals surface area contributed by atoms with E-state index in [-0.39, 0.29) is 0 Å². The number of imidazole rings is 1. The van der Waals surface area contributed by atoms with Gasteiger partial charge in [-0.3, -0.25) is 4.40 Å². The van der Waals surface area contributed by atoms with Crippen molar-refractivity contribution in [1.82, 2.24) is 9.38 Å². The molecule has 0 spiro atoms. The first-order valence-corrected chi connectivity index (χ1v) is 8.70. The van der Waals surface area contributed by atoms with Crippen molar-refractivity contribution in [2.24, 2.45) is 5.41 Å². The molecule has 2 heterocycles. The van der Waals surface area contributed by atoms with E-state index in [1.807, 2.05) is 0 Å². The number of hydrogen-bond donors (Lipinski definition) is 0. The van der Waals surface area contributed by atoms with Gasteiger partial charge in [0.15, 0.2) is 4.96 Å². The first-order chi connectivity index (χ1) is 8.73. The Kier molecular flexibility index (Phi) is 4.84. The van der Waals surface area contributed by atoms with Gasteiger partial charge < -0.3 is 0 Å². The Hall–Kier alpha value is -0.350. The van der Waals surface area contributed by atoms with Gasteiger partial charge in [0.05, 0.1) is 5.69 Å². The molecule has 2 aromatic rings. The Morgan fingerprint density at radius 1 is 1.44 bits per heavy atom. The van der Waals surface area contributed by atoms with Crippen LogP contribution in [0.4, 0.5) is 0 Å². The molecule has 0 aromatic carbocycles. The van der Waals surface area contributed by atoms with Crippen LogP contribution in [0.1, 0.15) is 45.2 Å². The fraction of sp³-hybridized carbons (Fsp3) is 0.643. The minimum atomic E-state index is 0.375. The van der Waals surface area contributed by atoms with E-state index in [4.69, 9.17) is 4.98 Å². The summed E-state index contributed by atoms with van der Waals surface area (Å²) in [5.41, 5.74) is 1.61. The van der Waals surface area contributed by atoms with E-state index in [2.05, 4.69) is 52.0 Å². The minimum absolute atomic E-state index is 0.375. The lowest BCUT2D eigenvalue weighted by atomic mass is 9.78. The van der Waals surface area contributed by atoms with Crippen LogP contribution < -0.4 is 0 Å². The molecule has 2 aromatic heterocycles. The number of alkyl halides is 1. The van der Waals surface area contributed by atoms with Crippen LogP contribution in [0, 0.1) is 5.41 Å². The van der Waals surface area contributed by atoms with Gasteiger partial charge >= 0.3 is 0 Å². The molecule has 0 radical (unpaired) electrons. The number of halogens is 1. The van der Waals surface area contributed by atoms with Crippen molar-refractivity contribution < 1.29 is 0 Å². The van der Waals surface area contributed by atoms with Gasteiger partial charge in [0.1, 0.15) is 0 Å². The average molecular weight is 329 g/mol. The van der Waals surface area contributed by atoms with Gasteiger partial charge in [-0.25, -0.2) is 4.98 Å². The summed E-state index contributed by atoms with van der Waals surface area (Å²) < 4.78 is 2.13. The Labute approximate surface area is 122 Å². The van der Waals surface area contributed by atoms with Crippen LogP contribution in [0.3, 0.4) is 0 Å². The zero-order chi connectivity index (χ0) is 13.0. The van der Waals surface area contributed by atoms with Crippen molar-refractivity contribution in [3.05, 3.63) is 23.5 Å². The number of aromatic nitrogens is 2. The predicted molar refractivity (Wildman–Crippen MR) is 82.8 cm³/mol. The molecule has 18 heavy (non-hydrogen) atoms. The highest BCUT2D eigenvalue weighted by Crippen LogP contribution is 2.35. The van der Waals surface area contributed by atoms with Crippen LogP contribution in [0.2, 0.25) is 0 Å². The molecule has 0 fully saturated rings. The van der Waals surface area contributed by atoms with Crippen molar-refractivity contribution in [1.29, 1.82) is 0 Å². The monoisotopic (exact) mass is 328 g/mol. The van der Waals surface area contributed by atoms with Gasteiger partial charge in [0, 0.05) is 23.1 Å². The van der Waals surface area contributed by atoms with Gasteiger partial charge in [-0.15, -0.1) is 11.3 Å². The van der Waals surface area contributed by atoms with Crippen LogP contribution >= 0.6 is 27.3 Å². The molecule has 0 aliphatic heterocycles. The van der Waals surface area contributed by atoms with Crippen LogP contribution in [-0.2, 0) is 6.42 Å². The minimum Gasteiger partial charge on any atom is -0.297 e. The van der Waals surface area contributed by atoms with E-state index in [9.17, 15) is 0 Å². The lowest BCUT2D eigenvalue weighted by Crippen LogP contribution is -2.25. The summed E-state index contributed by atoms with van der Waals surface area (Å²) in [4.78, 5) is 5.83. The number of thiazole rings is 1. The van der Waals surface area contributed by atoms with E-state index in [0.717, 1.165) is 16.7 Å². The van der Waals surface area contributed by atoms with E-state index in [0.29, 0.717) is 5.41 Å². The van der Waals surface area contributed by atoms with Crippen LogP contribution in [0.25, 0.3) is 4.96 Å². The maximum Gasteiger partial charge on any atom is 0.193 e. The van der Waals surface area contributed by atoms with E-state index >= 15 is 0 Å². The fourth-order valence-electron chi connectivity index (χ4n) is 2.40. The summed E-state index contributed by atoms with van der Waals surface area (Å²) >= 11 is 5.43. The molecule has 0 bridgehead atoms. The molecule has 0 saturated heterocycles. The van der Waals surface area contributed by atoms with Gasteiger partial charge in [0.25, 0.3) is 0 Å². The smallest absolute Gasteiger partial charge is 0.193 e. The lowest BCUT2D eigenvalue weighted by molar-refractivity contribution is 0.281. The number of nitrogens with zero attached hydrogens (tertiary/aromatic N) is 2. The highest BCUT2D eigenvalue weighted by atomic mass is 79.9. The summed E-state index contributed by atoms with van der Waals surface area (Å²) in [5.74, 6) is 0. The van der Waals surface area contributed by atoms with Gasteiger partial charge in [-0.05, 0) is 24.7 Å². The molecule has 1 atom stereocenters. The third-order valence-electron chi connectivity index (χ3n) is 3.79. The summed E-state index contributed by atoms with van der Waals surface area (Å²) in [6, 6.07) is 0. The molecule has 2 nitrogen and oxygen atoms in total. The first-order valence-electron chi connectivity index (χ1n) is 6.70. The molecule has 0 aliphatic rings. The second kappa shape index (κ2) is 6.20. The molecule has 4 heteroatoms. The Bertz CT molecular complexity index is 456. The second-order valence-electron chi connectivity index (χ2n) is 5.09. The highest BCUT2D eigenvalue weighted by molar-refractivity contribution is 9.09. The molecule has 100 valence electrons. The Balaban J connectivity index is 2.14. The molecular formula is C14H21BrN2S. The lowest BCUT2D eigenvalue weighted by Gasteiger charge is -2.30. The first kappa shape index (κ1) is 14.1. The number of hydrogen-bond acceptors (Lipinski definition) is 2.